The van der Waals surface area contributed by atoms with Crippen molar-refractivity contribution < 1.29 is 23.9 Å². The number of carbonyl (C=O) groups is 3. The van der Waals surface area contributed by atoms with Crippen LogP contribution in [0, 0.1) is 0 Å². The van der Waals surface area contributed by atoms with E-state index in [1.165, 1.54) is 7.11 Å². The monoisotopic (exact) mass is 364 g/mol. The fourth-order valence-electron chi connectivity index (χ4n) is 2.29. The average Bonchev–Trinajstić information content (AvgIpc) is 2.67. The van der Waals surface area contributed by atoms with Gasteiger partial charge in [0.1, 0.15) is 12.6 Å². The van der Waals surface area contributed by atoms with E-state index in [0.29, 0.717) is 25.8 Å². The van der Waals surface area contributed by atoms with Crippen LogP contribution in [-0.4, -0.2) is 37.7 Å². The lowest BCUT2D eigenvalue weighted by Crippen LogP contribution is -2.40. The largest absolute Gasteiger partial charge is 0.467 e. The highest BCUT2D eigenvalue weighted by atomic mass is 16.5. The summed E-state index contributed by atoms with van der Waals surface area (Å²) in [5.41, 5.74) is 0.936. The maximum Gasteiger partial charge on any atom is 0.407 e. The van der Waals surface area contributed by atoms with Gasteiger partial charge in [-0.1, -0.05) is 43.7 Å². The molecule has 0 unspecified atom stereocenters. The first-order chi connectivity index (χ1) is 12.6. The van der Waals surface area contributed by atoms with E-state index in [0.717, 1.165) is 18.4 Å². The van der Waals surface area contributed by atoms with Gasteiger partial charge >= 0.3 is 12.1 Å². The highest BCUT2D eigenvalue weighted by Crippen LogP contribution is 2.03. The number of carbonyl (C=O) groups excluding carboxylic acids is 3. The Labute approximate surface area is 154 Å². The number of amides is 2. The Morgan fingerprint density at radius 2 is 1.81 bits per heavy atom. The van der Waals surface area contributed by atoms with Gasteiger partial charge in [0.25, 0.3) is 0 Å². The summed E-state index contributed by atoms with van der Waals surface area (Å²) in [6.07, 6.45) is 2.61. The summed E-state index contributed by atoms with van der Waals surface area (Å²) in [5.74, 6) is -0.600. The number of rotatable bonds is 11. The molecule has 0 aliphatic rings. The molecule has 0 heterocycles. The molecule has 0 saturated carbocycles. The van der Waals surface area contributed by atoms with Crippen molar-refractivity contribution in [1.82, 2.24) is 10.6 Å². The van der Waals surface area contributed by atoms with E-state index >= 15 is 0 Å². The number of hydrogen-bond acceptors (Lipinski definition) is 5. The van der Waals surface area contributed by atoms with Crippen LogP contribution >= 0.6 is 0 Å². The summed E-state index contributed by atoms with van der Waals surface area (Å²) in [6.45, 7) is 2.55. The number of alkyl carbamates (subject to hydrolysis) is 1. The molecule has 1 aromatic rings. The van der Waals surface area contributed by atoms with Crippen LogP contribution in [0.25, 0.3) is 0 Å². The van der Waals surface area contributed by atoms with Gasteiger partial charge in [-0.05, 0) is 24.8 Å². The molecule has 0 radical (unpaired) electrons. The first kappa shape index (κ1) is 21.5. The number of nitrogens with one attached hydrogen (secondary N) is 2. The van der Waals surface area contributed by atoms with Gasteiger partial charge in [0.05, 0.1) is 7.11 Å². The normalized spacial score (nSPS) is 11.3. The van der Waals surface area contributed by atoms with E-state index in [-0.39, 0.29) is 12.5 Å². The van der Waals surface area contributed by atoms with Gasteiger partial charge in [0, 0.05) is 13.0 Å². The molecule has 0 fully saturated rings. The summed E-state index contributed by atoms with van der Waals surface area (Å²) in [7, 11) is 1.30. The Bertz CT molecular complexity index is 562. The molecule has 2 N–H and O–H groups in total. The van der Waals surface area contributed by atoms with Gasteiger partial charge in [0.15, 0.2) is 0 Å². The van der Waals surface area contributed by atoms with Crippen molar-refractivity contribution in [2.45, 2.75) is 51.7 Å². The van der Waals surface area contributed by atoms with Crippen LogP contribution in [0.5, 0.6) is 0 Å². The van der Waals surface area contributed by atoms with E-state index < -0.39 is 18.1 Å². The number of ether oxygens (including phenoxy) is 2. The van der Waals surface area contributed by atoms with E-state index in [1.54, 1.807) is 0 Å². The van der Waals surface area contributed by atoms with Gasteiger partial charge in [-0.25, -0.2) is 9.59 Å². The summed E-state index contributed by atoms with van der Waals surface area (Å²) in [4.78, 5) is 34.8. The SMILES string of the molecule is CC[C@H](NC(=O)CCCCCNC(=O)OCc1ccccc1)C(=O)OC. The third-order valence-corrected chi connectivity index (χ3v) is 3.79. The molecule has 0 bridgehead atoms. The zero-order chi connectivity index (χ0) is 19.2. The summed E-state index contributed by atoms with van der Waals surface area (Å²) in [6, 6.07) is 8.88. The van der Waals surface area contributed by atoms with Crippen molar-refractivity contribution in [2.24, 2.45) is 0 Å². The summed E-state index contributed by atoms with van der Waals surface area (Å²) >= 11 is 0. The highest BCUT2D eigenvalue weighted by molar-refractivity contribution is 5.84. The zero-order valence-electron chi connectivity index (χ0n) is 15.5. The van der Waals surface area contributed by atoms with Crippen LogP contribution in [0.2, 0.25) is 0 Å². The van der Waals surface area contributed by atoms with Crippen molar-refractivity contribution in [3.8, 4) is 0 Å². The highest BCUT2D eigenvalue weighted by Gasteiger charge is 2.18. The van der Waals surface area contributed by atoms with Crippen LogP contribution in [0.4, 0.5) is 4.79 Å². The van der Waals surface area contributed by atoms with Gasteiger partial charge in [-0.15, -0.1) is 0 Å². The van der Waals surface area contributed by atoms with Crippen molar-refractivity contribution in [3.63, 3.8) is 0 Å². The number of hydrogen-bond donors (Lipinski definition) is 2. The molecular formula is C19H28N2O5. The van der Waals surface area contributed by atoms with Crippen molar-refractivity contribution in [2.75, 3.05) is 13.7 Å². The smallest absolute Gasteiger partial charge is 0.407 e. The summed E-state index contributed by atoms with van der Waals surface area (Å²) in [5, 5.41) is 5.34. The molecule has 1 atom stereocenters. The quantitative estimate of drug-likeness (QED) is 0.465. The van der Waals surface area contributed by atoms with Crippen LogP contribution in [0.3, 0.4) is 0 Å². The molecule has 1 aromatic carbocycles. The zero-order valence-corrected chi connectivity index (χ0v) is 15.5. The maximum atomic E-state index is 11.8. The van der Waals surface area contributed by atoms with Crippen LogP contribution in [0.15, 0.2) is 30.3 Å². The second-order valence-corrected chi connectivity index (χ2v) is 5.85. The molecule has 0 aromatic heterocycles. The third kappa shape index (κ3) is 9.05. The molecule has 2 amide bonds. The lowest BCUT2D eigenvalue weighted by molar-refractivity contribution is -0.145. The molecule has 0 aliphatic heterocycles. The minimum absolute atomic E-state index is 0.169. The Hall–Kier alpha value is -2.57. The van der Waals surface area contributed by atoms with Crippen LogP contribution in [-0.2, 0) is 25.7 Å². The molecule has 0 aliphatic carbocycles. The lowest BCUT2D eigenvalue weighted by Gasteiger charge is -2.14. The van der Waals surface area contributed by atoms with Gasteiger partial charge in [-0.3, -0.25) is 4.79 Å². The molecule has 0 saturated heterocycles. The first-order valence-corrected chi connectivity index (χ1v) is 8.88. The predicted molar refractivity (Wildman–Crippen MR) is 97.3 cm³/mol. The summed E-state index contributed by atoms with van der Waals surface area (Å²) < 4.78 is 9.73. The maximum absolute atomic E-state index is 11.8. The number of unbranched alkanes of at least 4 members (excludes halogenated alkanes) is 2. The minimum Gasteiger partial charge on any atom is -0.467 e. The van der Waals surface area contributed by atoms with E-state index in [2.05, 4.69) is 15.4 Å². The number of esters is 1. The molecule has 7 heteroatoms. The minimum atomic E-state index is -0.589. The van der Waals surface area contributed by atoms with Crippen molar-refractivity contribution >= 4 is 18.0 Å². The molecule has 1 rings (SSSR count). The Morgan fingerprint density at radius 3 is 2.46 bits per heavy atom. The van der Waals surface area contributed by atoms with E-state index in [1.807, 2.05) is 37.3 Å². The van der Waals surface area contributed by atoms with Crippen molar-refractivity contribution in [3.05, 3.63) is 35.9 Å². The van der Waals surface area contributed by atoms with E-state index in [9.17, 15) is 14.4 Å². The first-order valence-electron chi connectivity index (χ1n) is 8.88. The Morgan fingerprint density at radius 1 is 1.08 bits per heavy atom. The van der Waals surface area contributed by atoms with E-state index in [4.69, 9.17) is 4.74 Å². The molecule has 7 nitrogen and oxygen atoms in total. The van der Waals surface area contributed by atoms with Gasteiger partial charge in [0.2, 0.25) is 5.91 Å². The second kappa shape index (κ2) is 12.7. The molecule has 144 valence electrons. The predicted octanol–water partition coefficient (Wildman–Crippen LogP) is 2.54. The van der Waals surface area contributed by atoms with Crippen LogP contribution < -0.4 is 10.6 Å². The average molecular weight is 364 g/mol. The Balaban J connectivity index is 2.05. The Kier molecular flexibility index (Phi) is 10.5. The molecular weight excluding hydrogens is 336 g/mol. The molecule has 0 spiro atoms. The fraction of sp³-hybridized carbons (Fsp3) is 0.526. The second-order valence-electron chi connectivity index (χ2n) is 5.85. The lowest BCUT2D eigenvalue weighted by atomic mass is 10.1. The van der Waals surface area contributed by atoms with Crippen LogP contribution in [0.1, 0.15) is 44.6 Å². The number of methoxy groups -OCH3 is 1. The molecule has 26 heavy (non-hydrogen) atoms. The number of benzene rings is 1. The topological polar surface area (TPSA) is 93.7 Å². The van der Waals surface area contributed by atoms with Gasteiger partial charge < -0.3 is 20.1 Å². The fourth-order valence-corrected chi connectivity index (χ4v) is 2.29. The van der Waals surface area contributed by atoms with Gasteiger partial charge in [-0.2, -0.15) is 0 Å². The standard InChI is InChI=1S/C19H28N2O5/c1-3-16(18(23)25-2)21-17(22)12-8-5-9-13-20-19(24)26-14-15-10-6-4-7-11-15/h4,6-7,10-11,16H,3,5,8-9,12-14H2,1-2H3,(H,20,24)(H,21,22)/t16-/m0/s1. The van der Waals surface area contributed by atoms with Crippen molar-refractivity contribution in [1.29, 1.82) is 0 Å². The third-order valence-electron chi connectivity index (χ3n) is 3.79.